The predicted molar refractivity (Wildman–Crippen MR) is 120 cm³/mol. The number of benzene rings is 2. The number of nitrogens with one attached hydrogen (secondary N) is 1. The van der Waals surface area contributed by atoms with Crippen LogP contribution in [0.15, 0.2) is 48.5 Å². The molecular weight excluding hydrogens is 395 g/mol. The summed E-state index contributed by atoms with van der Waals surface area (Å²) in [5.74, 6) is -0.183. The van der Waals surface area contributed by atoms with Gasteiger partial charge in [0.2, 0.25) is 0 Å². The minimum Gasteiger partial charge on any atom is -0.368 e. The first-order valence-corrected chi connectivity index (χ1v) is 11.1. The molecule has 6 nitrogen and oxygen atoms in total. The second-order valence-corrected chi connectivity index (χ2v) is 8.16. The standard InChI is InChI=1S/C24H29FN4O2/c25-20-7-11-22(12-8-20)27-15-17-29(18-16-27)24(31)26-21-9-5-19(6-10-21)23(30)28-13-3-1-2-4-14-28/h5-12H,1-4,13-18H2,(H,26,31). The van der Waals surface area contributed by atoms with Crippen LogP contribution in [0.5, 0.6) is 0 Å². The highest BCUT2D eigenvalue weighted by atomic mass is 19.1. The maximum atomic E-state index is 13.1. The molecule has 2 saturated heterocycles. The van der Waals surface area contributed by atoms with E-state index in [1.807, 2.05) is 4.90 Å². The largest absolute Gasteiger partial charge is 0.368 e. The Morgan fingerprint density at radius 3 is 1.94 bits per heavy atom. The number of anilines is 2. The van der Waals surface area contributed by atoms with Crippen molar-refractivity contribution in [3.8, 4) is 0 Å². The third-order valence-corrected chi connectivity index (χ3v) is 6.04. The van der Waals surface area contributed by atoms with Gasteiger partial charge in [-0.3, -0.25) is 4.79 Å². The summed E-state index contributed by atoms with van der Waals surface area (Å²) >= 11 is 0. The van der Waals surface area contributed by atoms with Gasteiger partial charge in [0, 0.05) is 56.2 Å². The lowest BCUT2D eigenvalue weighted by molar-refractivity contribution is 0.0761. The molecule has 2 aromatic rings. The van der Waals surface area contributed by atoms with Crippen LogP contribution in [0.2, 0.25) is 0 Å². The number of carbonyl (C=O) groups excluding carboxylic acids is 2. The minimum atomic E-state index is -0.249. The van der Waals surface area contributed by atoms with E-state index in [0.29, 0.717) is 37.4 Å². The number of urea groups is 1. The third-order valence-electron chi connectivity index (χ3n) is 6.04. The fraction of sp³-hybridized carbons (Fsp3) is 0.417. The first kappa shape index (κ1) is 21.2. The zero-order chi connectivity index (χ0) is 21.6. The molecule has 0 spiro atoms. The van der Waals surface area contributed by atoms with Crippen LogP contribution in [0.25, 0.3) is 0 Å². The second-order valence-electron chi connectivity index (χ2n) is 8.16. The molecule has 2 heterocycles. The Balaban J connectivity index is 1.29. The van der Waals surface area contributed by atoms with Crippen LogP contribution in [0.3, 0.4) is 0 Å². The lowest BCUT2D eigenvalue weighted by Gasteiger charge is -2.36. The van der Waals surface area contributed by atoms with Crippen LogP contribution >= 0.6 is 0 Å². The lowest BCUT2D eigenvalue weighted by Crippen LogP contribution is -2.50. The summed E-state index contributed by atoms with van der Waals surface area (Å²) in [7, 11) is 0. The molecule has 0 saturated carbocycles. The summed E-state index contributed by atoms with van der Waals surface area (Å²) in [6.07, 6.45) is 4.50. The van der Waals surface area contributed by atoms with Crippen LogP contribution in [-0.2, 0) is 0 Å². The van der Waals surface area contributed by atoms with Gasteiger partial charge in [0.1, 0.15) is 5.82 Å². The number of nitrogens with zero attached hydrogens (tertiary/aromatic N) is 3. The van der Waals surface area contributed by atoms with Crippen molar-refractivity contribution in [3.05, 3.63) is 59.9 Å². The van der Waals surface area contributed by atoms with Gasteiger partial charge in [-0.2, -0.15) is 0 Å². The number of rotatable bonds is 3. The lowest BCUT2D eigenvalue weighted by atomic mass is 10.1. The van der Waals surface area contributed by atoms with Crippen molar-refractivity contribution in [1.29, 1.82) is 0 Å². The summed E-state index contributed by atoms with van der Waals surface area (Å²) in [5.41, 5.74) is 2.30. The normalized spacial score (nSPS) is 17.3. The fourth-order valence-electron chi connectivity index (χ4n) is 4.17. The number of halogens is 1. The average Bonchev–Trinajstić information content (AvgIpc) is 3.09. The van der Waals surface area contributed by atoms with E-state index in [9.17, 15) is 14.0 Å². The Bertz CT molecular complexity index is 885. The van der Waals surface area contributed by atoms with Gasteiger partial charge in [0.25, 0.3) is 5.91 Å². The predicted octanol–water partition coefficient (Wildman–Crippen LogP) is 4.20. The molecule has 2 aliphatic heterocycles. The fourth-order valence-corrected chi connectivity index (χ4v) is 4.17. The number of likely N-dealkylation sites (tertiary alicyclic amines) is 1. The SMILES string of the molecule is O=C(Nc1ccc(C(=O)N2CCCCCC2)cc1)N1CCN(c2ccc(F)cc2)CC1. The topological polar surface area (TPSA) is 55.9 Å². The quantitative estimate of drug-likeness (QED) is 0.804. The molecule has 2 aromatic carbocycles. The zero-order valence-corrected chi connectivity index (χ0v) is 17.7. The van der Waals surface area contributed by atoms with Gasteiger partial charge in [-0.1, -0.05) is 12.8 Å². The van der Waals surface area contributed by atoms with Crippen molar-refractivity contribution in [2.24, 2.45) is 0 Å². The van der Waals surface area contributed by atoms with E-state index >= 15 is 0 Å². The van der Waals surface area contributed by atoms with E-state index in [2.05, 4.69) is 10.2 Å². The third kappa shape index (κ3) is 5.34. The van der Waals surface area contributed by atoms with E-state index in [-0.39, 0.29) is 17.8 Å². The maximum absolute atomic E-state index is 13.1. The van der Waals surface area contributed by atoms with Gasteiger partial charge >= 0.3 is 6.03 Å². The molecule has 31 heavy (non-hydrogen) atoms. The molecule has 7 heteroatoms. The molecule has 2 aliphatic rings. The monoisotopic (exact) mass is 424 g/mol. The second kappa shape index (κ2) is 9.81. The highest BCUT2D eigenvalue weighted by Gasteiger charge is 2.22. The highest BCUT2D eigenvalue weighted by molar-refractivity contribution is 5.95. The smallest absolute Gasteiger partial charge is 0.321 e. The van der Waals surface area contributed by atoms with E-state index in [1.54, 1.807) is 41.3 Å². The van der Waals surface area contributed by atoms with Crippen LogP contribution in [-0.4, -0.2) is 61.0 Å². The van der Waals surface area contributed by atoms with Gasteiger partial charge < -0.3 is 20.0 Å². The molecule has 2 fully saturated rings. The molecule has 0 unspecified atom stereocenters. The van der Waals surface area contributed by atoms with Gasteiger partial charge in [-0.05, 0) is 61.4 Å². The first-order chi connectivity index (χ1) is 15.1. The molecule has 164 valence electrons. The molecule has 3 amide bonds. The summed E-state index contributed by atoms with van der Waals surface area (Å²) in [4.78, 5) is 31.2. The van der Waals surface area contributed by atoms with Crippen molar-refractivity contribution < 1.29 is 14.0 Å². The number of hydrogen-bond acceptors (Lipinski definition) is 3. The first-order valence-electron chi connectivity index (χ1n) is 11.1. The van der Waals surface area contributed by atoms with E-state index < -0.39 is 0 Å². The summed E-state index contributed by atoms with van der Waals surface area (Å²) in [6, 6.07) is 13.4. The van der Waals surface area contributed by atoms with Gasteiger partial charge in [0.15, 0.2) is 0 Å². The van der Waals surface area contributed by atoms with Crippen molar-refractivity contribution in [3.63, 3.8) is 0 Å². The molecular formula is C24H29FN4O2. The Labute approximate surface area is 182 Å². The molecule has 0 radical (unpaired) electrons. The number of carbonyl (C=O) groups is 2. The molecule has 0 aliphatic carbocycles. The molecule has 1 N–H and O–H groups in total. The van der Waals surface area contributed by atoms with E-state index in [1.165, 1.54) is 25.0 Å². The van der Waals surface area contributed by atoms with Gasteiger partial charge in [0.05, 0.1) is 0 Å². The molecule has 4 rings (SSSR count). The van der Waals surface area contributed by atoms with Gasteiger partial charge in [-0.15, -0.1) is 0 Å². The Hall–Kier alpha value is -3.09. The molecule has 0 aromatic heterocycles. The van der Waals surface area contributed by atoms with Crippen molar-refractivity contribution in [2.45, 2.75) is 25.7 Å². The van der Waals surface area contributed by atoms with Gasteiger partial charge in [-0.25, -0.2) is 9.18 Å². The highest BCUT2D eigenvalue weighted by Crippen LogP contribution is 2.19. The van der Waals surface area contributed by atoms with Crippen molar-refractivity contribution in [2.75, 3.05) is 49.5 Å². The van der Waals surface area contributed by atoms with Crippen LogP contribution in [0.1, 0.15) is 36.0 Å². The zero-order valence-electron chi connectivity index (χ0n) is 17.7. The minimum absolute atomic E-state index is 0.0664. The van der Waals surface area contributed by atoms with Crippen molar-refractivity contribution >= 4 is 23.3 Å². The van der Waals surface area contributed by atoms with Crippen LogP contribution in [0.4, 0.5) is 20.6 Å². The Kier molecular flexibility index (Phi) is 6.70. The van der Waals surface area contributed by atoms with E-state index in [4.69, 9.17) is 0 Å². The Morgan fingerprint density at radius 2 is 1.32 bits per heavy atom. The molecule has 0 bridgehead atoms. The summed E-state index contributed by atoms with van der Waals surface area (Å²) < 4.78 is 13.1. The van der Waals surface area contributed by atoms with Crippen molar-refractivity contribution in [1.82, 2.24) is 9.80 Å². The Morgan fingerprint density at radius 1 is 0.710 bits per heavy atom. The van der Waals surface area contributed by atoms with E-state index in [0.717, 1.165) is 31.6 Å². The maximum Gasteiger partial charge on any atom is 0.321 e. The van der Waals surface area contributed by atoms with Crippen LogP contribution in [0, 0.1) is 5.82 Å². The number of hydrogen-bond donors (Lipinski definition) is 1. The molecule has 0 atom stereocenters. The summed E-state index contributed by atoms with van der Waals surface area (Å²) in [5, 5.41) is 2.92. The summed E-state index contributed by atoms with van der Waals surface area (Å²) in [6.45, 7) is 4.22. The van der Waals surface area contributed by atoms with Crippen LogP contribution < -0.4 is 10.2 Å². The average molecular weight is 425 g/mol. The number of piperazine rings is 1. The number of amides is 3.